The van der Waals surface area contributed by atoms with Crippen molar-refractivity contribution in [2.24, 2.45) is 5.41 Å². The predicted molar refractivity (Wildman–Crippen MR) is 94.6 cm³/mol. The van der Waals surface area contributed by atoms with Gasteiger partial charge in [0.05, 0.1) is 26.1 Å². The van der Waals surface area contributed by atoms with Crippen LogP contribution in [0.4, 0.5) is 10.8 Å². The summed E-state index contributed by atoms with van der Waals surface area (Å²) in [6.45, 7) is 4.00. The summed E-state index contributed by atoms with van der Waals surface area (Å²) in [7, 11) is 0. The highest BCUT2D eigenvalue weighted by atomic mass is 35.5. The van der Waals surface area contributed by atoms with E-state index in [9.17, 15) is 19.7 Å². The van der Waals surface area contributed by atoms with Crippen molar-refractivity contribution in [2.45, 2.75) is 26.7 Å². The van der Waals surface area contributed by atoms with Crippen LogP contribution in [0.1, 0.15) is 46.0 Å². The molecule has 0 radical (unpaired) electrons. The molecule has 25 heavy (non-hydrogen) atoms. The topological polar surface area (TPSA) is 102 Å². The molecule has 0 spiro atoms. The van der Waals surface area contributed by atoms with Crippen molar-refractivity contribution >= 4 is 45.4 Å². The maximum atomic E-state index is 12.4. The number of carbonyl (C=O) groups excluding carboxylic acids is 2. The van der Waals surface area contributed by atoms with Crippen LogP contribution in [0.2, 0.25) is 5.02 Å². The van der Waals surface area contributed by atoms with E-state index in [1.54, 1.807) is 0 Å². The second-order valence-electron chi connectivity index (χ2n) is 6.61. The molecule has 9 heteroatoms. The number of Topliss-reactive ketones (excluding diaryl/α,β-unsaturated/α-hetero) is 1. The van der Waals surface area contributed by atoms with E-state index in [1.807, 2.05) is 13.8 Å². The molecule has 0 saturated carbocycles. The molecule has 3 rings (SSSR count). The van der Waals surface area contributed by atoms with Crippen LogP contribution in [-0.2, 0) is 6.42 Å². The number of aromatic nitrogens is 1. The van der Waals surface area contributed by atoms with E-state index in [1.165, 1.54) is 12.1 Å². The van der Waals surface area contributed by atoms with Gasteiger partial charge in [0.15, 0.2) is 10.9 Å². The summed E-state index contributed by atoms with van der Waals surface area (Å²) in [4.78, 5) is 39.6. The summed E-state index contributed by atoms with van der Waals surface area (Å²) >= 11 is 7.10. The number of hydrogen-bond donors (Lipinski definition) is 1. The number of nitrogens with one attached hydrogen (secondary N) is 1. The highest BCUT2D eigenvalue weighted by Crippen LogP contribution is 2.38. The first-order chi connectivity index (χ1) is 11.7. The van der Waals surface area contributed by atoms with Crippen molar-refractivity contribution < 1.29 is 14.5 Å². The number of thiazole rings is 1. The Balaban J connectivity index is 1.83. The van der Waals surface area contributed by atoms with Crippen molar-refractivity contribution in [3.8, 4) is 0 Å². The van der Waals surface area contributed by atoms with Crippen molar-refractivity contribution in [1.29, 1.82) is 0 Å². The zero-order valence-corrected chi connectivity index (χ0v) is 15.0. The van der Waals surface area contributed by atoms with Gasteiger partial charge >= 0.3 is 0 Å². The minimum Gasteiger partial charge on any atom is -0.298 e. The summed E-state index contributed by atoms with van der Waals surface area (Å²) in [5, 5.41) is 13.6. The fraction of sp³-hybridized carbons (Fsp3) is 0.312. The third kappa shape index (κ3) is 3.54. The quantitative estimate of drug-likeness (QED) is 0.638. The van der Waals surface area contributed by atoms with E-state index < -0.39 is 10.8 Å². The Labute approximate surface area is 152 Å². The number of non-ortho nitro benzene ring substituents is 1. The van der Waals surface area contributed by atoms with Crippen LogP contribution in [0.25, 0.3) is 0 Å². The zero-order valence-electron chi connectivity index (χ0n) is 13.5. The summed E-state index contributed by atoms with van der Waals surface area (Å²) in [6.07, 6.45) is 1.11. The number of anilines is 1. The molecule has 0 fully saturated rings. The van der Waals surface area contributed by atoms with E-state index >= 15 is 0 Å². The normalized spacial score (nSPS) is 15.6. The fourth-order valence-electron chi connectivity index (χ4n) is 2.74. The Morgan fingerprint density at radius 1 is 1.40 bits per heavy atom. The van der Waals surface area contributed by atoms with Crippen molar-refractivity contribution in [2.75, 3.05) is 5.32 Å². The molecule has 0 atom stereocenters. The van der Waals surface area contributed by atoms with Crippen LogP contribution in [0.15, 0.2) is 18.2 Å². The van der Waals surface area contributed by atoms with Gasteiger partial charge in [-0.15, -0.1) is 0 Å². The van der Waals surface area contributed by atoms with E-state index in [2.05, 4.69) is 10.3 Å². The van der Waals surface area contributed by atoms with Gasteiger partial charge in [-0.3, -0.25) is 25.0 Å². The second kappa shape index (κ2) is 6.20. The molecule has 2 aromatic rings. The van der Waals surface area contributed by atoms with Gasteiger partial charge in [0.1, 0.15) is 0 Å². The summed E-state index contributed by atoms with van der Waals surface area (Å²) in [5.74, 6) is -0.504. The molecular weight excluding hydrogens is 366 g/mol. The lowest BCUT2D eigenvalue weighted by atomic mass is 9.78. The average molecular weight is 380 g/mol. The minimum absolute atomic E-state index is 0.0229. The van der Waals surface area contributed by atoms with Crippen LogP contribution in [0.5, 0.6) is 0 Å². The molecule has 1 amide bonds. The van der Waals surface area contributed by atoms with E-state index in [0.717, 1.165) is 17.4 Å². The molecule has 0 aliphatic heterocycles. The highest BCUT2D eigenvalue weighted by Gasteiger charge is 2.34. The van der Waals surface area contributed by atoms with Crippen LogP contribution in [-0.4, -0.2) is 21.6 Å². The lowest BCUT2D eigenvalue weighted by Crippen LogP contribution is -2.26. The number of carbonyl (C=O) groups is 2. The Hall–Kier alpha value is -2.32. The first-order valence-electron chi connectivity index (χ1n) is 7.44. The number of fused-ring (bicyclic) bond motifs is 1. The second-order valence-corrected chi connectivity index (χ2v) is 8.02. The van der Waals surface area contributed by atoms with Gasteiger partial charge < -0.3 is 0 Å². The maximum Gasteiger partial charge on any atom is 0.270 e. The number of nitro benzene ring substituents is 1. The molecule has 130 valence electrons. The van der Waals surface area contributed by atoms with E-state index in [0.29, 0.717) is 28.5 Å². The average Bonchev–Trinajstić information content (AvgIpc) is 2.88. The smallest absolute Gasteiger partial charge is 0.270 e. The molecule has 1 aliphatic rings. The Kier molecular flexibility index (Phi) is 4.34. The predicted octanol–water partition coefficient (Wildman–Crippen LogP) is 4.11. The molecule has 1 N–H and O–H groups in total. The van der Waals surface area contributed by atoms with Crippen LogP contribution >= 0.6 is 22.9 Å². The van der Waals surface area contributed by atoms with Gasteiger partial charge in [-0.25, -0.2) is 4.98 Å². The molecule has 0 bridgehead atoms. The van der Waals surface area contributed by atoms with Crippen molar-refractivity contribution in [1.82, 2.24) is 4.98 Å². The molecule has 1 aromatic carbocycles. The summed E-state index contributed by atoms with van der Waals surface area (Å²) in [6, 6.07) is 3.62. The molecule has 7 nitrogen and oxygen atoms in total. The number of halogens is 1. The van der Waals surface area contributed by atoms with Gasteiger partial charge in [-0.2, -0.15) is 0 Å². The van der Waals surface area contributed by atoms with Gasteiger partial charge in [0.25, 0.3) is 11.6 Å². The number of hydrogen-bond acceptors (Lipinski definition) is 6. The number of benzene rings is 1. The molecule has 1 aromatic heterocycles. The molecular formula is C16H14ClN3O4S. The summed E-state index contributed by atoms with van der Waals surface area (Å²) < 4.78 is 0. The molecule has 1 aliphatic carbocycles. The maximum absolute atomic E-state index is 12.4. The number of rotatable bonds is 3. The number of nitrogens with zero attached hydrogens (tertiary/aromatic N) is 2. The van der Waals surface area contributed by atoms with Crippen molar-refractivity contribution in [3.63, 3.8) is 0 Å². The number of amides is 1. The van der Waals surface area contributed by atoms with Gasteiger partial charge in [0.2, 0.25) is 0 Å². The van der Waals surface area contributed by atoms with Crippen LogP contribution < -0.4 is 5.32 Å². The number of nitro groups is 1. The number of ketones is 1. The fourth-order valence-corrected chi connectivity index (χ4v) is 3.91. The first-order valence-corrected chi connectivity index (χ1v) is 8.64. The standard InChI is InChI=1S/C16H14ClN3O4S/c1-16(2)6-11-13(12(21)7-16)25-15(18-11)19-14(22)9-4-3-8(20(23)24)5-10(9)17/h3-5H,6-7H2,1-2H3,(H,18,19,22). The monoisotopic (exact) mass is 379 g/mol. The van der Waals surface area contributed by atoms with Crippen molar-refractivity contribution in [3.05, 3.63) is 49.5 Å². The lowest BCUT2D eigenvalue weighted by Gasteiger charge is -2.26. The van der Waals surface area contributed by atoms with Gasteiger partial charge in [-0.1, -0.05) is 36.8 Å². The van der Waals surface area contributed by atoms with E-state index in [-0.39, 0.29) is 27.5 Å². The van der Waals surface area contributed by atoms with Crippen LogP contribution in [0, 0.1) is 15.5 Å². The van der Waals surface area contributed by atoms with Gasteiger partial charge in [0, 0.05) is 18.6 Å². The van der Waals surface area contributed by atoms with E-state index in [4.69, 9.17) is 11.6 Å². The first kappa shape index (κ1) is 17.5. The third-order valence-electron chi connectivity index (χ3n) is 3.86. The molecule has 1 heterocycles. The molecule has 0 unspecified atom stereocenters. The highest BCUT2D eigenvalue weighted by molar-refractivity contribution is 7.17. The third-order valence-corrected chi connectivity index (χ3v) is 5.23. The lowest BCUT2D eigenvalue weighted by molar-refractivity contribution is -0.384. The van der Waals surface area contributed by atoms with Crippen LogP contribution in [0.3, 0.4) is 0 Å². The minimum atomic E-state index is -0.587. The Morgan fingerprint density at radius 2 is 2.12 bits per heavy atom. The zero-order chi connectivity index (χ0) is 18.4. The Bertz CT molecular complexity index is 907. The molecule has 0 saturated heterocycles. The largest absolute Gasteiger partial charge is 0.298 e. The summed E-state index contributed by atoms with van der Waals surface area (Å²) in [5.41, 5.74) is 0.448. The SMILES string of the molecule is CC1(C)CC(=O)c2sc(NC(=O)c3ccc([N+](=O)[O-])cc3Cl)nc2C1. The Morgan fingerprint density at radius 3 is 2.76 bits per heavy atom. The van der Waals surface area contributed by atoms with Gasteiger partial charge in [-0.05, 0) is 17.9 Å².